The Morgan fingerprint density at radius 1 is 1.60 bits per heavy atom. The molecule has 0 saturated carbocycles. The minimum Gasteiger partial charge on any atom is -0.374 e. The Balaban J connectivity index is 2.03. The first-order chi connectivity index (χ1) is 7.08. The van der Waals surface area contributed by atoms with Crippen molar-refractivity contribution in [3.05, 3.63) is 0 Å². The van der Waals surface area contributed by atoms with Crippen LogP contribution in [-0.2, 0) is 4.74 Å². The predicted molar refractivity (Wildman–Crippen MR) is 66.2 cm³/mol. The zero-order valence-corrected chi connectivity index (χ0v) is 10.7. The molecule has 2 nitrogen and oxygen atoms in total. The van der Waals surface area contributed by atoms with Crippen LogP contribution in [0.4, 0.5) is 0 Å². The first-order valence-corrected chi connectivity index (χ1v) is 7.24. The van der Waals surface area contributed by atoms with Crippen molar-refractivity contribution in [2.75, 3.05) is 18.1 Å². The number of hydrogen-bond acceptors (Lipinski definition) is 3. The van der Waals surface area contributed by atoms with Crippen LogP contribution in [0.3, 0.4) is 0 Å². The van der Waals surface area contributed by atoms with Gasteiger partial charge in [-0.25, -0.2) is 0 Å². The Bertz CT molecular complexity index is 224. The van der Waals surface area contributed by atoms with E-state index >= 15 is 0 Å². The van der Waals surface area contributed by atoms with Crippen molar-refractivity contribution in [2.24, 2.45) is 11.7 Å². The average molecular weight is 229 g/mol. The molecule has 0 bridgehead atoms. The maximum atomic E-state index is 6.38. The van der Waals surface area contributed by atoms with E-state index in [0.717, 1.165) is 19.4 Å². The lowest BCUT2D eigenvalue weighted by atomic mass is 9.74. The van der Waals surface area contributed by atoms with E-state index in [-0.39, 0.29) is 11.1 Å². The molecule has 0 aliphatic carbocycles. The molecule has 0 amide bonds. The number of hydrogen-bond donors (Lipinski definition) is 1. The summed E-state index contributed by atoms with van der Waals surface area (Å²) >= 11 is 2.03. The fourth-order valence-electron chi connectivity index (χ4n) is 2.74. The van der Waals surface area contributed by atoms with Gasteiger partial charge in [-0.3, -0.25) is 0 Å². The highest BCUT2D eigenvalue weighted by Gasteiger charge is 2.44. The predicted octanol–water partition coefficient (Wildman–Crippen LogP) is 2.42. The van der Waals surface area contributed by atoms with Crippen LogP contribution in [0, 0.1) is 5.92 Å². The Hall–Kier alpha value is 0.270. The molecule has 2 N–H and O–H groups in total. The lowest BCUT2D eigenvalue weighted by Gasteiger charge is -2.44. The van der Waals surface area contributed by atoms with Crippen molar-refractivity contribution in [1.82, 2.24) is 0 Å². The summed E-state index contributed by atoms with van der Waals surface area (Å²) in [5, 5.41) is 0. The zero-order valence-electron chi connectivity index (χ0n) is 9.92. The Morgan fingerprint density at radius 3 is 3.00 bits per heavy atom. The van der Waals surface area contributed by atoms with E-state index in [9.17, 15) is 0 Å². The summed E-state index contributed by atoms with van der Waals surface area (Å²) in [6.07, 6.45) is 4.63. The standard InChI is InChI=1S/C12H23NOS/c1-3-11(2,13)10-4-6-14-12(8-10)5-7-15-9-12/h10H,3-9,13H2,1-2H3. The van der Waals surface area contributed by atoms with Gasteiger partial charge in [0.15, 0.2) is 0 Å². The second kappa shape index (κ2) is 4.27. The number of ether oxygens (including phenoxy) is 1. The monoisotopic (exact) mass is 229 g/mol. The van der Waals surface area contributed by atoms with Crippen LogP contribution in [0.1, 0.15) is 39.5 Å². The van der Waals surface area contributed by atoms with Crippen LogP contribution in [0.5, 0.6) is 0 Å². The van der Waals surface area contributed by atoms with Crippen molar-refractivity contribution in [2.45, 2.75) is 50.7 Å². The average Bonchev–Trinajstić information content (AvgIpc) is 2.66. The molecule has 2 fully saturated rings. The molecule has 2 saturated heterocycles. The van der Waals surface area contributed by atoms with Gasteiger partial charge in [0.2, 0.25) is 0 Å². The minimum absolute atomic E-state index is 0.00400. The molecule has 2 heterocycles. The van der Waals surface area contributed by atoms with Crippen LogP contribution < -0.4 is 5.73 Å². The fraction of sp³-hybridized carbons (Fsp3) is 1.00. The van der Waals surface area contributed by atoms with E-state index in [1.807, 2.05) is 11.8 Å². The molecule has 0 aromatic rings. The van der Waals surface area contributed by atoms with E-state index < -0.39 is 0 Å². The second-order valence-corrected chi connectivity index (χ2v) is 6.49. The highest BCUT2D eigenvalue weighted by Crippen LogP contribution is 2.43. The zero-order chi connectivity index (χ0) is 10.9. The molecule has 0 radical (unpaired) electrons. The number of rotatable bonds is 2. The van der Waals surface area contributed by atoms with Gasteiger partial charge in [0.1, 0.15) is 0 Å². The molecule has 3 heteroatoms. The summed E-state index contributed by atoms with van der Waals surface area (Å²) < 4.78 is 6.02. The van der Waals surface area contributed by atoms with Gasteiger partial charge >= 0.3 is 0 Å². The number of nitrogens with two attached hydrogens (primary N) is 1. The van der Waals surface area contributed by atoms with E-state index in [1.54, 1.807) is 0 Å². The van der Waals surface area contributed by atoms with E-state index in [1.165, 1.54) is 24.3 Å². The Morgan fingerprint density at radius 2 is 2.40 bits per heavy atom. The van der Waals surface area contributed by atoms with Gasteiger partial charge < -0.3 is 10.5 Å². The molecule has 88 valence electrons. The first kappa shape index (κ1) is 11.7. The fourth-order valence-corrected chi connectivity index (χ4v) is 4.12. The van der Waals surface area contributed by atoms with Gasteiger partial charge in [-0.1, -0.05) is 6.92 Å². The third-order valence-electron chi connectivity index (χ3n) is 4.25. The smallest absolute Gasteiger partial charge is 0.0783 e. The lowest BCUT2D eigenvalue weighted by molar-refractivity contribution is -0.0912. The molecule has 2 aliphatic heterocycles. The molecule has 0 aromatic carbocycles. The van der Waals surface area contributed by atoms with Gasteiger partial charge in [0.05, 0.1) is 5.60 Å². The summed E-state index contributed by atoms with van der Waals surface area (Å²) in [7, 11) is 0. The summed E-state index contributed by atoms with van der Waals surface area (Å²) in [6, 6.07) is 0. The van der Waals surface area contributed by atoms with Crippen LogP contribution in [0.15, 0.2) is 0 Å². The normalized spacial score (nSPS) is 40.6. The molecule has 2 rings (SSSR count). The Kier molecular flexibility index (Phi) is 3.34. The molecule has 15 heavy (non-hydrogen) atoms. The lowest BCUT2D eigenvalue weighted by Crippen LogP contribution is -2.51. The van der Waals surface area contributed by atoms with Crippen LogP contribution in [0.25, 0.3) is 0 Å². The maximum absolute atomic E-state index is 6.38. The van der Waals surface area contributed by atoms with Crippen LogP contribution >= 0.6 is 11.8 Å². The molecule has 2 aliphatic rings. The van der Waals surface area contributed by atoms with Crippen molar-refractivity contribution in [1.29, 1.82) is 0 Å². The van der Waals surface area contributed by atoms with Crippen LogP contribution in [-0.4, -0.2) is 29.3 Å². The molecular formula is C12H23NOS. The van der Waals surface area contributed by atoms with Gasteiger partial charge in [-0.15, -0.1) is 0 Å². The topological polar surface area (TPSA) is 35.2 Å². The van der Waals surface area contributed by atoms with E-state index in [2.05, 4.69) is 13.8 Å². The van der Waals surface area contributed by atoms with Gasteiger partial charge in [-0.2, -0.15) is 11.8 Å². The highest BCUT2D eigenvalue weighted by atomic mass is 32.2. The van der Waals surface area contributed by atoms with E-state index in [4.69, 9.17) is 10.5 Å². The SMILES string of the molecule is CCC(C)(N)C1CCOC2(CCSC2)C1. The summed E-state index contributed by atoms with van der Waals surface area (Å²) in [6.45, 7) is 5.32. The van der Waals surface area contributed by atoms with Gasteiger partial charge in [0, 0.05) is 17.9 Å². The number of thioether (sulfide) groups is 1. The van der Waals surface area contributed by atoms with E-state index in [0.29, 0.717) is 5.92 Å². The first-order valence-electron chi connectivity index (χ1n) is 6.09. The van der Waals surface area contributed by atoms with Crippen molar-refractivity contribution in [3.8, 4) is 0 Å². The summed E-state index contributed by atoms with van der Waals surface area (Å²) in [4.78, 5) is 0. The van der Waals surface area contributed by atoms with Gasteiger partial charge in [-0.05, 0) is 44.3 Å². The highest BCUT2D eigenvalue weighted by molar-refractivity contribution is 7.99. The largest absolute Gasteiger partial charge is 0.374 e. The minimum atomic E-state index is 0.00400. The second-order valence-electron chi connectivity index (χ2n) is 5.38. The molecule has 3 unspecified atom stereocenters. The quantitative estimate of drug-likeness (QED) is 0.790. The van der Waals surface area contributed by atoms with Crippen molar-refractivity contribution >= 4 is 11.8 Å². The molecular weight excluding hydrogens is 206 g/mol. The van der Waals surface area contributed by atoms with Gasteiger partial charge in [0.25, 0.3) is 0 Å². The maximum Gasteiger partial charge on any atom is 0.0783 e. The molecule has 3 atom stereocenters. The molecule has 1 spiro atoms. The van der Waals surface area contributed by atoms with Crippen molar-refractivity contribution in [3.63, 3.8) is 0 Å². The van der Waals surface area contributed by atoms with Crippen LogP contribution in [0.2, 0.25) is 0 Å². The summed E-state index contributed by atoms with van der Waals surface area (Å²) in [5.74, 6) is 3.10. The summed E-state index contributed by atoms with van der Waals surface area (Å²) in [5.41, 5.74) is 6.57. The van der Waals surface area contributed by atoms with Crippen molar-refractivity contribution < 1.29 is 4.74 Å². The third-order valence-corrected chi connectivity index (χ3v) is 5.48. The Labute approximate surface area is 97.3 Å². The third kappa shape index (κ3) is 2.34. The molecule has 0 aromatic heterocycles.